The summed E-state index contributed by atoms with van der Waals surface area (Å²) in [6.07, 6.45) is 3.78. The molecule has 0 unspecified atom stereocenters. The van der Waals surface area contributed by atoms with Gasteiger partial charge >= 0.3 is 5.97 Å². The van der Waals surface area contributed by atoms with Gasteiger partial charge in [0.25, 0.3) is 0 Å². The minimum Gasteiger partial charge on any atom is -0.481 e. The molecule has 1 heterocycles. The quantitative estimate of drug-likeness (QED) is 0.852. The number of nitrogens with zero attached hydrogens (tertiary/aromatic N) is 1. The molecule has 16 heavy (non-hydrogen) atoms. The first kappa shape index (κ1) is 11.0. The minimum atomic E-state index is -0.890. The van der Waals surface area contributed by atoms with E-state index in [2.05, 4.69) is 4.98 Å². The zero-order chi connectivity index (χ0) is 11.8. The maximum atomic E-state index is 13.8. The number of hydrogen-bond donors (Lipinski definition) is 1. The lowest BCUT2D eigenvalue weighted by Gasteiger charge is -2.13. The second-order valence-corrected chi connectivity index (χ2v) is 4.38. The van der Waals surface area contributed by atoms with Gasteiger partial charge in [-0.3, -0.25) is 9.78 Å². The highest BCUT2D eigenvalue weighted by atomic mass is 19.1. The number of carboxylic acids is 1. The molecule has 1 aromatic rings. The Labute approximate surface area is 93.3 Å². The Morgan fingerprint density at radius 2 is 2.31 bits per heavy atom. The van der Waals surface area contributed by atoms with Crippen LogP contribution in [0.3, 0.4) is 0 Å². The van der Waals surface area contributed by atoms with Gasteiger partial charge in [0, 0.05) is 11.6 Å². The molecule has 1 aliphatic carbocycles. The maximum absolute atomic E-state index is 13.8. The van der Waals surface area contributed by atoms with E-state index in [1.165, 1.54) is 6.07 Å². The van der Waals surface area contributed by atoms with E-state index in [9.17, 15) is 9.18 Å². The van der Waals surface area contributed by atoms with Crippen molar-refractivity contribution in [2.24, 2.45) is 0 Å². The van der Waals surface area contributed by atoms with Gasteiger partial charge in [-0.2, -0.15) is 0 Å². The third kappa shape index (κ3) is 1.92. The first-order chi connectivity index (χ1) is 7.57. The van der Waals surface area contributed by atoms with Crippen LogP contribution in [0.1, 0.15) is 37.4 Å². The molecular formula is C12H14FNO2. The van der Waals surface area contributed by atoms with E-state index in [0.29, 0.717) is 18.5 Å². The number of aromatic nitrogens is 1. The smallest absolute Gasteiger partial charge is 0.304 e. The molecule has 2 rings (SSSR count). The molecule has 0 spiro atoms. The van der Waals surface area contributed by atoms with Gasteiger partial charge in [0.1, 0.15) is 5.82 Å². The van der Waals surface area contributed by atoms with Crippen molar-refractivity contribution in [1.82, 2.24) is 4.98 Å². The van der Waals surface area contributed by atoms with E-state index in [-0.39, 0.29) is 12.2 Å². The predicted molar refractivity (Wildman–Crippen MR) is 56.7 cm³/mol. The second-order valence-electron chi connectivity index (χ2n) is 4.38. The van der Waals surface area contributed by atoms with Gasteiger partial charge < -0.3 is 5.11 Å². The van der Waals surface area contributed by atoms with Crippen molar-refractivity contribution in [3.8, 4) is 0 Å². The fraction of sp³-hybridized carbons (Fsp3) is 0.500. The second kappa shape index (κ2) is 3.85. The SMILES string of the molecule is CCc1cnc(C2(CC(=O)O)CC2)c(F)c1. The summed E-state index contributed by atoms with van der Waals surface area (Å²) in [4.78, 5) is 14.8. The minimum absolute atomic E-state index is 0.0254. The molecule has 1 saturated carbocycles. The molecule has 1 N–H and O–H groups in total. The molecule has 0 saturated heterocycles. The Kier molecular flexibility index (Phi) is 2.66. The standard InChI is InChI=1S/C12H14FNO2/c1-2-8-5-9(13)11(14-7-8)12(3-4-12)6-10(15)16/h5,7H,2-4,6H2,1H3,(H,15,16). The molecule has 1 fully saturated rings. The number of carboxylic acid groups (broad SMARTS) is 1. The van der Waals surface area contributed by atoms with E-state index in [1.54, 1.807) is 6.20 Å². The highest BCUT2D eigenvalue weighted by molar-refractivity contribution is 5.69. The Bertz CT molecular complexity index is 427. The van der Waals surface area contributed by atoms with Gasteiger partial charge in [-0.1, -0.05) is 6.92 Å². The Morgan fingerprint density at radius 1 is 1.62 bits per heavy atom. The number of carbonyl (C=O) groups is 1. The first-order valence-electron chi connectivity index (χ1n) is 5.44. The van der Waals surface area contributed by atoms with Crippen LogP contribution in [-0.4, -0.2) is 16.1 Å². The van der Waals surface area contributed by atoms with Gasteiger partial charge in [0.05, 0.1) is 12.1 Å². The molecule has 0 aliphatic heterocycles. The molecular weight excluding hydrogens is 209 g/mol. The monoisotopic (exact) mass is 223 g/mol. The average Bonchev–Trinajstić information content (AvgIpc) is 2.97. The van der Waals surface area contributed by atoms with Crippen molar-refractivity contribution in [3.63, 3.8) is 0 Å². The molecule has 86 valence electrons. The number of aliphatic carboxylic acids is 1. The van der Waals surface area contributed by atoms with E-state index in [4.69, 9.17) is 5.11 Å². The summed E-state index contributed by atoms with van der Waals surface area (Å²) in [5, 5.41) is 8.79. The zero-order valence-electron chi connectivity index (χ0n) is 9.16. The Hall–Kier alpha value is -1.45. The lowest BCUT2D eigenvalue weighted by Crippen LogP contribution is -2.16. The van der Waals surface area contributed by atoms with Gasteiger partial charge in [0.15, 0.2) is 0 Å². The van der Waals surface area contributed by atoms with Crippen LogP contribution < -0.4 is 0 Å². The van der Waals surface area contributed by atoms with Crippen molar-refractivity contribution in [1.29, 1.82) is 0 Å². The molecule has 0 radical (unpaired) electrons. The van der Waals surface area contributed by atoms with Crippen LogP contribution in [0.25, 0.3) is 0 Å². The fourth-order valence-electron chi connectivity index (χ4n) is 2.00. The predicted octanol–water partition coefficient (Wildman–Crippen LogP) is 2.29. The first-order valence-corrected chi connectivity index (χ1v) is 5.44. The fourth-order valence-corrected chi connectivity index (χ4v) is 2.00. The van der Waals surface area contributed by atoms with Crippen molar-refractivity contribution in [2.75, 3.05) is 0 Å². The molecule has 0 amide bonds. The summed E-state index contributed by atoms with van der Waals surface area (Å²) in [5.41, 5.74) is 0.627. The van der Waals surface area contributed by atoms with Crippen LogP contribution in [0, 0.1) is 5.82 Å². The number of hydrogen-bond acceptors (Lipinski definition) is 2. The summed E-state index contributed by atoms with van der Waals surface area (Å²) in [5.74, 6) is -1.25. The highest BCUT2D eigenvalue weighted by Crippen LogP contribution is 2.50. The summed E-state index contributed by atoms with van der Waals surface area (Å²) >= 11 is 0. The van der Waals surface area contributed by atoms with Crippen LogP contribution in [0.5, 0.6) is 0 Å². The summed E-state index contributed by atoms with van der Waals surface area (Å²) < 4.78 is 13.8. The lowest BCUT2D eigenvalue weighted by atomic mass is 9.96. The maximum Gasteiger partial charge on any atom is 0.304 e. The van der Waals surface area contributed by atoms with Gasteiger partial charge in [-0.05, 0) is 30.9 Å². The molecule has 4 heteroatoms. The van der Waals surface area contributed by atoms with Crippen LogP contribution >= 0.6 is 0 Å². The summed E-state index contributed by atoms with van der Waals surface area (Å²) in [6, 6.07) is 1.46. The molecule has 1 aromatic heterocycles. The van der Waals surface area contributed by atoms with Crippen molar-refractivity contribution in [2.45, 2.75) is 38.0 Å². The summed E-state index contributed by atoms with van der Waals surface area (Å²) in [6.45, 7) is 1.93. The van der Waals surface area contributed by atoms with Crippen LogP contribution in [-0.2, 0) is 16.6 Å². The third-order valence-electron chi connectivity index (χ3n) is 3.15. The zero-order valence-corrected chi connectivity index (χ0v) is 9.16. The number of halogens is 1. The van der Waals surface area contributed by atoms with E-state index in [1.807, 2.05) is 6.92 Å². The van der Waals surface area contributed by atoms with Crippen LogP contribution in [0.2, 0.25) is 0 Å². The molecule has 0 bridgehead atoms. The Morgan fingerprint density at radius 3 is 2.75 bits per heavy atom. The van der Waals surface area contributed by atoms with Gasteiger partial charge in [0.2, 0.25) is 0 Å². The van der Waals surface area contributed by atoms with Crippen molar-refractivity contribution >= 4 is 5.97 Å². The normalized spacial score (nSPS) is 17.1. The topological polar surface area (TPSA) is 50.2 Å². The summed E-state index contributed by atoms with van der Waals surface area (Å²) in [7, 11) is 0. The molecule has 1 aliphatic rings. The third-order valence-corrected chi connectivity index (χ3v) is 3.15. The molecule has 0 atom stereocenters. The van der Waals surface area contributed by atoms with Gasteiger partial charge in [-0.15, -0.1) is 0 Å². The molecule has 0 aromatic carbocycles. The van der Waals surface area contributed by atoms with Gasteiger partial charge in [-0.25, -0.2) is 4.39 Å². The van der Waals surface area contributed by atoms with E-state index >= 15 is 0 Å². The Balaban J connectivity index is 2.30. The molecule has 3 nitrogen and oxygen atoms in total. The largest absolute Gasteiger partial charge is 0.481 e. The van der Waals surface area contributed by atoms with E-state index in [0.717, 1.165) is 12.0 Å². The van der Waals surface area contributed by atoms with Crippen LogP contribution in [0.15, 0.2) is 12.3 Å². The van der Waals surface area contributed by atoms with Crippen molar-refractivity contribution in [3.05, 3.63) is 29.3 Å². The number of pyridine rings is 1. The van der Waals surface area contributed by atoms with Crippen LogP contribution in [0.4, 0.5) is 4.39 Å². The van der Waals surface area contributed by atoms with E-state index < -0.39 is 11.4 Å². The highest BCUT2D eigenvalue weighted by Gasteiger charge is 2.49. The number of rotatable bonds is 4. The average molecular weight is 223 g/mol. The lowest BCUT2D eigenvalue weighted by molar-refractivity contribution is -0.137. The van der Waals surface area contributed by atoms with Crippen molar-refractivity contribution < 1.29 is 14.3 Å². The number of aryl methyl sites for hydroxylation is 1.